The van der Waals surface area contributed by atoms with Crippen molar-refractivity contribution in [1.29, 1.82) is 0 Å². The molecule has 0 radical (unpaired) electrons. The maximum atomic E-state index is 13.0. The topological polar surface area (TPSA) is 170 Å². The first-order chi connectivity index (χ1) is 33.8. The number of aliphatic imine (C=N–C) groups is 2. The summed E-state index contributed by atoms with van der Waals surface area (Å²) in [5.41, 5.74) is 9.16. The van der Waals surface area contributed by atoms with Gasteiger partial charge in [-0.2, -0.15) is 0 Å². The molecule has 2 atom stereocenters. The van der Waals surface area contributed by atoms with Crippen molar-refractivity contribution in [2.75, 3.05) is 45.9 Å². The number of morpholine rings is 1. The molecule has 7 aromatic rings. The lowest BCUT2D eigenvalue weighted by atomic mass is 9.99. The molecule has 0 bridgehead atoms. The summed E-state index contributed by atoms with van der Waals surface area (Å²) < 4.78 is 9.52. The zero-order chi connectivity index (χ0) is 49.1. The van der Waals surface area contributed by atoms with Crippen LogP contribution in [-0.4, -0.2) is 109 Å². The van der Waals surface area contributed by atoms with Gasteiger partial charge in [-0.1, -0.05) is 53.5 Å². The number of hydrogen-bond acceptors (Lipinski definition) is 13. The van der Waals surface area contributed by atoms with Gasteiger partial charge in [-0.05, 0) is 95.0 Å². The van der Waals surface area contributed by atoms with Crippen LogP contribution >= 0.6 is 45.9 Å². The highest BCUT2D eigenvalue weighted by molar-refractivity contribution is 7.15. The Kier molecular flexibility index (Phi) is 15.1. The van der Waals surface area contributed by atoms with Gasteiger partial charge in [0.15, 0.2) is 11.6 Å². The Hall–Kier alpha value is -5.95. The summed E-state index contributed by atoms with van der Waals surface area (Å²) in [6, 6.07) is 18.4. The lowest BCUT2D eigenvalue weighted by Gasteiger charge is -2.26. The van der Waals surface area contributed by atoms with Crippen molar-refractivity contribution in [2.45, 2.75) is 72.9 Å². The molecule has 3 aliphatic heterocycles. The van der Waals surface area contributed by atoms with Crippen LogP contribution in [0.25, 0.3) is 10.0 Å². The Morgan fingerprint density at radius 2 is 1.16 bits per heavy atom. The molecule has 1 saturated heterocycles. The quantitative estimate of drug-likeness (QED) is 0.122. The summed E-state index contributed by atoms with van der Waals surface area (Å²) in [6.45, 7) is 17.6. The number of nitrogens with one attached hydrogen (secondary N) is 2. The number of thiophene rings is 2. The number of aromatic nitrogens is 7. The number of benzene rings is 2. The third-order valence-corrected chi connectivity index (χ3v) is 15.7. The van der Waals surface area contributed by atoms with Crippen molar-refractivity contribution in [2.24, 2.45) is 9.98 Å². The first-order valence-corrected chi connectivity index (χ1v) is 25.7. The minimum Gasteiger partial charge on any atom is -0.379 e. The van der Waals surface area contributed by atoms with Crippen LogP contribution in [0.15, 0.2) is 83.0 Å². The molecular formula is C51H54Cl2N12O3S2. The highest BCUT2D eigenvalue weighted by Gasteiger charge is 2.34. The van der Waals surface area contributed by atoms with Crippen LogP contribution in [0, 0.1) is 41.5 Å². The maximum Gasteiger partial charge on any atom is 0.222 e. The largest absolute Gasteiger partial charge is 0.379 e. The number of pyridine rings is 1. The molecule has 15 nitrogen and oxygen atoms in total. The second kappa shape index (κ2) is 21.6. The van der Waals surface area contributed by atoms with E-state index in [0.29, 0.717) is 41.2 Å². The fraction of sp³-hybridized carbons (Fsp3) is 0.353. The number of aryl methyl sites for hydroxylation is 4. The van der Waals surface area contributed by atoms with E-state index < -0.39 is 12.1 Å². The molecule has 0 spiro atoms. The van der Waals surface area contributed by atoms with Gasteiger partial charge >= 0.3 is 0 Å². The van der Waals surface area contributed by atoms with Crippen molar-refractivity contribution in [1.82, 2.24) is 50.0 Å². The minimum atomic E-state index is -0.473. The number of rotatable bonds is 12. The van der Waals surface area contributed by atoms with Crippen LogP contribution in [0.3, 0.4) is 0 Å². The van der Waals surface area contributed by atoms with Gasteiger partial charge in [0.25, 0.3) is 0 Å². The van der Waals surface area contributed by atoms with Crippen molar-refractivity contribution < 1.29 is 14.3 Å². The van der Waals surface area contributed by atoms with E-state index in [0.717, 1.165) is 93.7 Å². The Labute approximate surface area is 425 Å². The third kappa shape index (κ3) is 10.6. The van der Waals surface area contributed by atoms with E-state index in [2.05, 4.69) is 77.7 Å². The van der Waals surface area contributed by atoms with E-state index in [1.54, 1.807) is 28.9 Å². The van der Waals surface area contributed by atoms with Crippen molar-refractivity contribution in [3.05, 3.63) is 155 Å². The molecule has 70 heavy (non-hydrogen) atoms. The van der Waals surface area contributed by atoms with E-state index in [9.17, 15) is 9.59 Å². The molecular weight excluding hydrogens is 964 g/mol. The molecule has 2 amide bonds. The van der Waals surface area contributed by atoms with Gasteiger partial charge in [-0.15, -0.1) is 43.1 Å². The number of halogens is 2. The summed E-state index contributed by atoms with van der Waals surface area (Å²) in [5, 5.41) is 27.1. The molecule has 0 unspecified atom stereocenters. The lowest BCUT2D eigenvalue weighted by molar-refractivity contribution is -0.122. The molecule has 5 aromatic heterocycles. The van der Waals surface area contributed by atoms with E-state index in [4.69, 9.17) is 37.9 Å². The summed E-state index contributed by atoms with van der Waals surface area (Å²) in [6.07, 6.45) is 4.65. The first kappa shape index (κ1) is 49.0. The number of carbonyl (C=O) groups excluding carboxylic acids is 2. The van der Waals surface area contributed by atoms with Crippen molar-refractivity contribution in [3.8, 4) is 10.0 Å². The molecule has 362 valence electrons. The van der Waals surface area contributed by atoms with Crippen molar-refractivity contribution in [3.63, 3.8) is 0 Å². The van der Waals surface area contributed by atoms with Gasteiger partial charge in [0.05, 0.1) is 37.5 Å². The number of fused-ring (bicyclic) bond motifs is 6. The zero-order valence-corrected chi connectivity index (χ0v) is 43.1. The monoisotopic (exact) mass is 1020 g/mol. The molecule has 0 saturated carbocycles. The van der Waals surface area contributed by atoms with Gasteiger partial charge in [0, 0.05) is 87.2 Å². The van der Waals surface area contributed by atoms with Crippen LogP contribution in [0.4, 0.5) is 0 Å². The summed E-state index contributed by atoms with van der Waals surface area (Å²) in [5.74, 6) is 2.80. The smallest absolute Gasteiger partial charge is 0.222 e. The summed E-state index contributed by atoms with van der Waals surface area (Å²) in [7, 11) is 0. The second-order valence-electron chi connectivity index (χ2n) is 17.5. The van der Waals surface area contributed by atoms with Gasteiger partial charge in [0.1, 0.15) is 33.7 Å². The zero-order valence-electron chi connectivity index (χ0n) is 39.9. The molecule has 8 heterocycles. The molecule has 3 aliphatic rings. The predicted molar refractivity (Wildman–Crippen MR) is 277 cm³/mol. The van der Waals surface area contributed by atoms with Crippen LogP contribution in [0.5, 0.6) is 0 Å². The second-order valence-corrected chi connectivity index (χ2v) is 20.8. The summed E-state index contributed by atoms with van der Waals surface area (Å²) in [4.78, 5) is 45.1. The van der Waals surface area contributed by atoms with E-state index in [1.165, 1.54) is 20.9 Å². The summed E-state index contributed by atoms with van der Waals surface area (Å²) >= 11 is 15.7. The predicted octanol–water partition coefficient (Wildman–Crippen LogP) is 8.58. The Balaban J connectivity index is 0.000000174. The Morgan fingerprint density at radius 3 is 1.63 bits per heavy atom. The number of carbonyl (C=O) groups is 2. The molecule has 1 fully saturated rings. The lowest BCUT2D eigenvalue weighted by Crippen LogP contribution is -2.41. The van der Waals surface area contributed by atoms with Crippen LogP contribution in [0.2, 0.25) is 10.0 Å². The van der Waals surface area contributed by atoms with Gasteiger partial charge < -0.3 is 15.4 Å². The fourth-order valence-corrected chi connectivity index (χ4v) is 11.5. The maximum absolute atomic E-state index is 13.0. The van der Waals surface area contributed by atoms with E-state index in [1.807, 2.05) is 80.7 Å². The number of amides is 2. The van der Waals surface area contributed by atoms with Crippen molar-refractivity contribution >= 4 is 69.1 Å². The van der Waals surface area contributed by atoms with Gasteiger partial charge in [-0.25, -0.2) is 0 Å². The van der Waals surface area contributed by atoms with Gasteiger partial charge in [-0.3, -0.25) is 38.6 Å². The standard InChI is InChI=1S/C26H25ClN6OS.C25H29ClN6O2S/c1-15-16(2)35-26-23(15)24(19-6-8-20(27)9-7-19)30-21(25-32-31-17(3)33(25)26)13-22(34)29-12-10-18-5-4-11-28-14-18;1-15-16(2)35-25-22(15)23(18-4-6-19(26)7-5-18)28-20(24-30-29-17(3)32(24)25)14-21(33)27-8-9-31-10-12-34-13-11-31/h4-9,11,14,21H,10,12-13H2,1-3H3,(H,29,34);4-7,20H,8-14H2,1-3H3,(H,27,33)/t21-;20-/m00/s1. The Morgan fingerprint density at radius 1 is 0.671 bits per heavy atom. The minimum absolute atomic E-state index is 0.0483. The normalized spacial score (nSPS) is 16.3. The van der Waals surface area contributed by atoms with Crippen LogP contribution < -0.4 is 10.6 Å². The average Bonchev–Trinajstić information content (AvgIpc) is 4.05. The number of ether oxygens (including phenoxy) is 1. The van der Waals surface area contributed by atoms with E-state index >= 15 is 0 Å². The molecule has 2 aromatic carbocycles. The first-order valence-electron chi connectivity index (χ1n) is 23.3. The fourth-order valence-electron chi connectivity index (χ4n) is 8.83. The van der Waals surface area contributed by atoms with Crippen LogP contribution in [-0.2, 0) is 20.7 Å². The van der Waals surface area contributed by atoms with E-state index in [-0.39, 0.29) is 24.7 Å². The molecule has 10 rings (SSSR count). The molecule has 0 aliphatic carbocycles. The van der Waals surface area contributed by atoms with Crippen LogP contribution in [0.1, 0.15) is 96.9 Å². The third-order valence-electron chi connectivity index (χ3n) is 12.8. The number of nitrogens with zero attached hydrogens (tertiary/aromatic N) is 10. The average molecular weight is 1020 g/mol. The highest BCUT2D eigenvalue weighted by Crippen LogP contribution is 2.41. The number of hydrogen-bond donors (Lipinski definition) is 2. The molecule has 19 heteroatoms. The SMILES string of the molecule is Cc1sc2c(c1C)C(c1ccc(Cl)cc1)=N[C@@H](CC(=O)NCCN1CCOCC1)c1nnc(C)n1-2.Cc1sc2c(c1C)C(c1ccc(Cl)cc1)=N[C@@H](CC(=O)NCCc1cccnc1)c1nnc(C)n1-2. The molecule has 2 N–H and O–H groups in total. The van der Waals surface area contributed by atoms with Gasteiger partial charge in [0.2, 0.25) is 11.8 Å². The highest BCUT2D eigenvalue weighted by atomic mass is 35.5. The Bertz CT molecular complexity index is 3080.